The largest absolute Gasteiger partial charge is 0.481 e. The standard InChI is InChI=1S/C24H32N4O8S/c1-17(2)15-27(37(35,36)20-10-8-19(9-11-20)28(33)34)16-22(29)21(14-18-6-4-3-5-7-18)26-24(32)25-13-12-23(30)31/h3-11,17,21-22,29H,12-16H2,1-2H3,(H,30,31)(H2,25,26,32)/t21-,22+/m0/s1. The van der Waals surface area contributed by atoms with E-state index in [9.17, 15) is 33.2 Å². The van der Waals surface area contributed by atoms with Gasteiger partial charge in [-0.15, -0.1) is 0 Å². The molecule has 2 amide bonds. The summed E-state index contributed by atoms with van der Waals surface area (Å²) in [4.78, 5) is 33.3. The van der Waals surface area contributed by atoms with E-state index in [4.69, 9.17) is 5.11 Å². The van der Waals surface area contributed by atoms with Gasteiger partial charge in [0.2, 0.25) is 10.0 Å². The fourth-order valence-corrected chi connectivity index (χ4v) is 5.18. The monoisotopic (exact) mass is 536 g/mol. The minimum absolute atomic E-state index is 0.0548. The van der Waals surface area contributed by atoms with Gasteiger partial charge in [0, 0.05) is 31.8 Å². The molecular weight excluding hydrogens is 504 g/mol. The summed E-state index contributed by atoms with van der Waals surface area (Å²) in [6.07, 6.45) is -1.44. The Morgan fingerprint density at radius 2 is 1.68 bits per heavy atom. The molecule has 0 aliphatic rings. The average molecular weight is 537 g/mol. The van der Waals surface area contributed by atoms with Crippen molar-refractivity contribution in [1.82, 2.24) is 14.9 Å². The van der Waals surface area contributed by atoms with Crippen LogP contribution in [0.5, 0.6) is 0 Å². The van der Waals surface area contributed by atoms with E-state index in [2.05, 4.69) is 10.6 Å². The summed E-state index contributed by atoms with van der Waals surface area (Å²) in [5.74, 6) is -1.19. The molecule has 2 rings (SSSR count). The van der Waals surface area contributed by atoms with Gasteiger partial charge in [0.05, 0.1) is 28.4 Å². The van der Waals surface area contributed by atoms with Crippen LogP contribution >= 0.6 is 0 Å². The second kappa shape index (κ2) is 13.7. The van der Waals surface area contributed by atoms with Gasteiger partial charge >= 0.3 is 12.0 Å². The molecular formula is C24H32N4O8S. The second-order valence-corrected chi connectivity index (χ2v) is 10.8. The number of aliphatic hydroxyl groups excluding tert-OH is 1. The molecule has 2 aromatic carbocycles. The summed E-state index contributed by atoms with van der Waals surface area (Å²) in [7, 11) is -4.14. The van der Waals surface area contributed by atoms with Crippen LogP contribution < -0.4 is 10.6 Å². The molecule has 0 bridgehead atoms. The minimum Gasteiger partial charge on any atom is -0.481 e. The highest BCUT2D eigenvalue weighted by Gasteiger charge is 2.31. The molecule has 0 unspecified atom stereocenters. The number of hydrogen-bond acceptors (Lipinski definition) is 7. The van der Waals surface area contributed by atoms with Crippen molar-refractivity contribution in [2.75, 3.05) is 19.6 Å². The number of amides is 2. The molecule has 2 atom stereocenters. The predicted molar refractivity (Wildman–Crippen MR) is 135 cm³/mol. The van der Waals surface area contributed by atoms with Crippen molar-refractivity contribution < 1.29 is 33.1 Å². The summed E-state index contributed by atoms with van der Waals surface area (Å²) < 4.78 is 27.9. The third kappa shape index (κ3) is 9.44. The normalized spacial score (nSPS) is 13.2. The van der Waals surface area contributed by atoms with E-state index in [1.807, 2.05) is 6.07 Å². The van der Waals surface area contributed by atoms with Crippen LogP contribution in [0.2, 0.25) is 0 Å². The van der Waals surface area contributed by atoms with Crippen molar-refractivity contribution in [3.05, 3.63) is 70.3 Å². The maximum atomic E-state index is 13.4. The Kier molecular flexibility index (Phi) is 11.0. The van der Waals surface area contributed by atoms with E-state index in [-0.39, 0.29) is 49.0 Å². The van der Waals surface area contributed by atoms with Gasteiger partial charge in [-0.25, -0.2) is 13.2 Å². The summed E-state index contributed by atoms with van der Waals surface area (Å²) in [5.41, 5.74) is 0.529. The van der Waals surface area contributed by atoms with Crippen molar-refractivity contribution in [1.29, 1.82) is 0 Å². The number of carboxylic acid groups (broad SMARTS) is 1. The number of benzene rings is 2. The van der Waals surface area contributed by atoms with Crippen LogP contribution in [0.1, 0.15) is 25.8 Å². The molecule has 0 aromatic heterocycles. The van der Waals surface area contributed by atoms with Gasteiger partial charge in [0.15, 0.2) is 0 Å². The topological polar surface area (TPSA) is 179 Å². The van der Waals surface area contributed by atoms with Gasteiger partial charge in [-0.05, 0) is 30.0 Å². The highest BCUT2D eigenvalue weighted by Crippen LogP contribution is 2.21. The summed E-state index contributed by atoms with van der Waals surface area (Å²) in [6, 6.07) is 11.8. The number of carboxylic acids is 1. The SMILES string of the molecule is CC(C)CN(C[C@@H](O)[C@H](Cc1ccccc1)NC(=O)NCCC(=O)O)S(=O)(=O)c1ccc([N+](=O)[O-])cc1. The lowest BCUT2D eigenvalue weighted by atomic mass is 10.0. The second-order valence-electron chi connectivity index (χ2n) is 8.87. The van der Waals surface area contributed by atoms with E-state index in [0.29, 0.717) is 0 Å². The first-order valence-corrected chi connectivity index (χ1v) is 13.1. The average Bonchev–Trinajstić information content (AvgIpc) is 2.83. The van der Waals surface area contributed by atoms with Crippen LogP contribution in [0, 0.1) is 16.0 Å². The van der Waals surface area contributed by atoms with Gasteiger partial charge in [-0.1, -0.05) is 44.2 Å². The number of rotatable bonds is 14. The fourth-order valence-electron chi connectivity index (χ4n) is 3.56. The maximum absolute atomic E-state index is 13.4. The molecule has 37 heavy (non-hydrogen) atoms. The molecule has 0 aliphatic carbocycles. The lowest BCUT2D eigenvalue weighted by molar-refractivity contribution is -0.384. The van der Waals surface area contributed by atoms with E-state index in [1.165, 1.54) is 0 Å². The quantitative estimate of drug-likeness (QED) is 0.209. The fraction of sp³-hybridized carbons (Fsp3) is 0.417. The van der Waals surface area contributed by atoms with Gasteiger partial charge in [0.1, 0.15) is 0 Å². The molecule has 4 N–H and O–H groups in total. The van der Waals surface area contributed by atoms with Crippen LogP contribution in [-0.4, -0.2) is 71.6 Å². The van der Waals surface area contributed by atoms with Crippen molar-refractivity contribution >= 4 is 27.7 Å². The minimum atomic E-state index is -4.14. The van der Waals surface area contributed by atoms with Gasteiger partial charge in [0.25, 0.3) is 5.69 Å². The smallest absolute Gasteiger partial charge is 0.315 e. The molecule has 0 saturated heterocycles. The number of nitro groups is 1. The van der Waals surface area contributed by atoms with Crippen LogP contribution in [0.25, 0.3) is 0 Å². The lowest BCUT2D eigenvalue weighted by Gasteiger charge is -2.30. The first-order valence-electron chi connectivity index (χ1n) is 11.6. The van der Waals surface area contributed by atoms with E-state index in [1.54, 1.807) is 38.1 Å². The molecule has 0 heterocycles. The van der Waals surface area contributed by atoms with Crippen molar-refractivity contribution in [3.8, 4) is 0 Å². The Hall–Kier alpha value is -3.55. The molecule has 0 fully saturated rings. The number of carbonyl (C=O) groups is 2. The number of nitrogens with zero attached hydrogens (tertiary/aromatic N) is 2. The summed E-state index contributed by atoms with van der Waals surface area (Å²) in [5, 5.41) is 35.9. The molecule has 2 aromatic rings. The third-order valence-corrected chi connectivity index (χ3v) is 7.19. The Morgan fingerprint density at radius 1 is 1.05 bits per heavy atom. The third-order valence-electron chi connectivity index (χ3n) is 5.35. The molecule has 0 saturated carbocycles. The van der Waals surface area contributed by atoms with Crippen LogP contribution in [0.15, 0.2) is 59.5 Å². The van der Waals surface area contributed by atoms with Crippen LogP contribution in [-0.2, 0) is 21.2 Å². The number of non-ortho nitro benzene ring substituents is 1. The zero-order chi connectivity index (χ0) is 27.6. The molecule has 202 valence electrons. The van der Waals surface area contributed by atoms with E-state index < -0.39 is 39.1 Å². The Balaban J connectivity index is 2.27. The first kappa shape index (κ1) is 29.7. The van der Waals surface area contributed by atoms with E-state index in [0.717, 1.165) is 34.1 Å². The molecule has 0 spiro atoms. The number of hydrogen-bond donors (Lipinski definition) is 4. The molecule has 0 aliphatic heterocycles. The number of aliphatic hydroxyl groups is 1. The van der Waals surface area contributed by atoms with Crippen molar-refractivity contribution in [2.45, 2.75) is 43.7 Å². The lowest BCUT2D eigenvalue weighted by Crippen LogP contribution is -2.53. The van der Waals surface area contributed by atoms with Gasteiger partial charge in [-0.2, -0.15) is 4.31 Å². The Morgan fingerprint density at radius 3 is 2.22 bits per heavy atom. The van der Waals surface area contributed by atoms with Gasteiger partial charge < -0.3 is 20.8 Å². The molecule has 12 nitrogen and oxygen atoms in total. The van der Waals surface area contributed by atoms with E-state index >= 15 is 0 Å². The number of sulfonamides is 1. The zero-order valence-corrected chi connectivity index (χ0v) is 21.4. The van der Waals surface area contributed by atoms with Gasteiger partial charge in [-0.3, -0.25) is 14.9 Å². The zero-order valence-electron chi connectivity index (χ0n) is 20.6. The van der Waals surface area contributed by atoms with Crippen molar-refractivity contribution in [3.63, 3.8) is 0 Å². The highest BCUT2D eigenvalue weighted by molar-refractivity contribution is 7.89. The predicted octanol–water partition coefficient (Wildman–Crippen LogP) is 1.99. The maximum Gasteiger partial charge on any atom is 0.315 e. The van der Waals surface area contributed by atoms with Crippen LogP contribution in [0.4, 0.5) is 10.5 Å². The highest BCUT2D eigenvalue weighted by atomic mass is 32.2. The summed E-state index contributed by atoms with van der Waals surface area (Å²) >= 11 is 0. The first-order chi connectivity index (χ1) is 17.4. The molecule has 0 radical (unpaired) electrons. The van der Waals surface area contributed by atoms with Crippen molar-refractivity contribution in [2.24, 2.45) is 5.92 Å². The Bertz CT molecular complexity index is 1160. The number of nitro benzene ring substituents is 1. The van der Waals surface area contributed by atoms with Crippen LogP contribution in [0.3, 0.4) is 0 Å². The number of aliphatic carboxylic acids is 1. The number of urea groups is 1. The number of carbonyl (C=O) groups excluding carboxylic acids is 1. The number of nitrogens with one attached hydrogen (secondary N) is 2. The Labute approximate surface area is 215 Å². The molecule has 13 heteroatoms. The summed E-state index contributed by atoms with van der Waals surface area (Å²) in [6.45, 7) is 3.19.